The van der Waals surface area contributed by atoms with Gasteiger partial charge in [-0.3, -0.25) is 9.58 Å². The Morgan fingerprint density at radius 2 is 2.00 bits per heavy atom. The van der Waals surface area contributed by atoms with Crippen LogP contribution in [0.2, 0.25) is 0 Å². The third-order valence-corrected chi connectivity index (χ3v) is 5.77. The van der Waals surface area contributed by atoms with Crippen LogP contribution in [-0.2, 0) is 39.9 Å². The van der Waals surface area contributed by atoms with Gasteiger partial charge in [-0.2, -0.15) is 5.10 Å². The SMILES string of the molecule is CCc1nn(C)cc1CN1CCC[C@@H]1c1nc2c(n1C)CCCC2. The summed E-state index contributed by atoms with van der Waals surface area (Å²) in [4.78, 5) is 7.69. The average Bonchev–Trinajstić information content (AvgIpc) is 3.26. The van der Waals surface area contributed by atoms with E-state index in [1.165, 1.54) is 73.5 Å². The Bertz CT molecular complexity index is 726. The molecule has 1 fully saturated rings. The summed E-state index contributed by atoms with van der Waals surface area (Å²) in [6.45, 7) is 4.36. The first kappa shape index (κ1) is 15.9. The van der Waals surface area contributed by atoms with Crippen LogP contribution >= 0.6 is 0 Å². The molecule has 0 unspecified atom stereocenters. The summed E-state index contributed by atoms with van der Waals surface area (Å²) in [6.07, 6.45) is 10.7. The van der Waals surface area contributed by atoms with Gasteiger partial charge in [-0.05, 0) is 51.5 Å². The minimum atomic E-state index is 0.463. The van der Waals surface area contributed by atoms with E-state index in [9.17, 15) is 0 Å². The Kier molecular flexibility index (Phi) is 4.21. The van der Waals surface area contributed by atoms with E-state index >= 15 is 0 Å². The Hall–Kier alpha value is -1.62. The Balaban J connectivity index is 1.60. The van der Waals surface area contributed by atoms with Gasteiger partial charge in [0.05, 0.1) is 17.4 Å². The Morgan fingerprint density at radius 1 is 1.17 bits per heavy atom. The van der Waals surface area contributed by atoms with Gasteiger partial charge in [0.15, 0.2) is 0 Å². The lowest BCUT2D eigenvalue weighted by atomic mass is 10.0. The van der Waals surface area contributed by atoms with E-state index in [2.05, 4.69) is 34.7 Å². The fourth-order valence-electron chi connectivity index (χ4n) is 4.54. The summed E-state index contributed by atoms with van der Waals surface area (Å²) in [5.41, 5.74) is 5.47. The van der Waals surface area contributed by atoms with E-state index in [0.29, 0.717) is 6.04 Å². The maximum Gasteiger partial charge on any atom is 0.126 e. The molecule has 0 N–H and O–H groups in total. The van der Waals surface area contributed by atoms with Crippen LogP contribution in [0.15, 0.2) is 6.20 Å². The highest BCUT2D eigenvalue weighted by Gasteiger charge is 2.32. The molecule has 0 saturated carbocycles. The predicted molar refractivity (Wildman–Crippen MR) is 94.8 cm³/mol. The van der Waals surface area contributed by atoms with Crippen LogP contribution in [0.5, 0.6) is 0 Å². The number of hydrogen-bond acceptors (Lipinski definition) is 3. The molecule has 2 aromatic rings. The molecule has 2 aliphatic rings. The number of nitrogens with zero attached hydrogens (tertiary/aromatic N) is 5. The van der Waals surface area contributed by atoms with E-state index in [4.69, 9.17) is 4.98 Å². The molecule has 4 rings (SSSR count). The van der Waals surface area contributed by atoms with E-state index in [1.54, 1.807) is 0 Å². The van der Waals surface area contributed by atoms with Crippen molar-refractivity contribution in [3.8, 4) is 0 Å². The minimum Gasteiger partial charge on any atom is -0.334 e. The third-order valence-electron chi connectivity index (χ3n) is 5.77. The molecular weight excluding hydrogens is 298 g/mol. The molecule has 130 valence electrons. The molecule has 5 heteroatoms. The molecule has 0 aromatic carbocycles. The number of likely N-dealkylation sites (tertiary alicyclic amines) is 1. The standard InChI is InChI=1S/C19H29N5/c1-4-15-14(12-22(2)21-15)13-24-11-7-10-18(24)19-20-16-8-5-6-9-17(16)23(19)3/h12,18H,4-11,13H2,1-3H3/t18-/m1/s1. The third kappa shape index (κ3) is 2.69. The van der Waals surface area contributed by atoms with Crippen LogP contribution in [0, 0.1) is 0 Å². The van der Waals surface area contributed by atoms with Crippen molar-refractivity contribution in [2.45, 2.75) is 64.5 Å². The number of imidazole rings is 1. The van der Waals surface area contributed by atoms with Crippen LogP contribution in [0.25, 0.3) is 0 Å². The quantitative estimate of drug-likeness (QED) is 0.867. The molecule has 1 saturated heterocycles. The van der Waals surface area contributed by atoms with Crippen LogP contribution in [0.4, 0.5) is 0 Å². The van der Waals surface area contributed by atoms with Gasteiger partial charge in [-0.1, -0.05) is 6.92 Å². The molecule has 2 aromatic heterocycles. The lowest BCUT2D eigenvalue weighted by molar-refractivity contribution is 0.235. The lowest BCUT2D eigenvalue weighted by Crippen LogP contribution is -2.25. The van der Waals surface area contributed by atoms with E-state index < -0.39 is 0 Å². The van der Waals surface area contributed by atoms with Crippen molar-refractivity contribution >= 4 is 0 Å². The van der Waals surface area contributed by atoms with Crippen molar-refractivity contribution in [2.24, 2.45) is 14.1 Å². The number of fused-ring (bicyclic) bond motifs is 1. The number of rotatable bonds is 4. The highest BCUT2D eigenvalue weighted by atomic mass is 15.3. The lowest BCUT2D eigenvalue weighted by Gasteiger charge is -2.24. The van der Waals surface area contributed by atoms with Crippen molar-refractivity contribution in [1.29, 1.82) is 0 Å². The van der Waals surface area contributed by atoms with Gasteiger partial charge in [-0.15, -0.1) is 0 Å². The maximum absolute atomic E-state index is 5.07. The monoisotopic (exact) mass is 327 g/mol. The normalized spacial score (nSPS) is 21.4. The summed E-state index contributed by atoms with van der Waals surface area (Å²) < 4.78 is 4.36. The first-order valence-corrected chi connectivity index (χ1v) is 9.47. The van der Waals surface area contributed by atoms with Crippen LogP contribution in [-0.4, -0.2) is 30.8 Å². The minimum absolute atomic E-state index is 0.463. The molecule has 0 bridgehead atoms. The average molecular weight is 327 g/mol. The van der Waals surface area contributed by atoms with Crippen LogP contribution in [0.3, 0.4) is 0 Å². The molecule has 5 nitrogen and oxygen atoms in total. The highest BCUT2D eigenvalue weighted by molar-refractivity contribution is 5.23. The van der Waals surface area contributed by atoms with Crippen molar-refractivity contribution in [2.75, 3.05) is 6.54 Å². The number of aromatic nitrogens is 4. The molecule has 24 heavy (non-hydrogen) atoms. The van der Waals surface area contributed by atoms with Gasteiger partial charge >= 0.3 is 0 Å². The number of aryl methyl sites for hydroxylation is 3. The van der Waals surface area contributed by atoms with E-state index in [0.717, 1.165) is 13.0 Å². The summed E-state index contributed by atoms with van der Waals surface area (Å²) in [6, 6.07) is 0.463. The molecule has 1 aliphatic carbocycles. The van der Waals surface area contributed by atoms with Gasteiger partial charge in [-0.25, -0.2) is 4.98 Å². The summed E-state index contributed by atoms with van der Waals surface area (Å²) in [5, 5.41) is 4.61. The van der Waals surface area contributed by atoms with Crippen LogP contribution in [0.1, 0.15) is 67.1 Å². The number of hydrogen-bond donors (Lipinski definition) is 0. The second-order valence-corrected chi connectivity index (χ2v) is 7.39. The van der Waals surface area contributed by atoms with Crippen LogP contribution < -0.4 is 0 Å². The van der Waals surface area contributed by atoms with Crippen molar-refractivity contribution in [1.82, 2.24) is 24.2 Å². The van der Waals surface area contributed by atoms with E-state index in [1.807, 2.05) is 11.7 Å². The molecule has 0 radical (unpaired) electrons. The predicted octanol–water partition coefficient (Wildman–Crippen LogP) is 2.93. The van der Waals surface area contributed by atoms with Crippen molar-refractivity contribution in [3.05, 3.63) is 34.7 Å². The fourth-order valence-corrected chi connectivity index (χ4v) is 4.54. The molecular formula is C19H29N5. The zero-order chi connectivity index (χ0) is 16.7. The van der Waals surface area contributed by atoms with E-state index in [-0.39, 0.29) is 0 Å². The second kappa shape index (κ2) is 6.36. The van der Waals surface area contributed by atoms with Crippen molar-refractivity contribution in [3.63, 3.8) is 0 Å². The summed E-state index contributed by atoms with van der Waals surface area (Å²) in [7, 11) is 4.25. The summed E-state index contributed by atoms with van der Waals surface area (Å²) >= 11 is 0. The van der Waals surface area contributed by atoms with Crippen molar-refractivity contribution < 1.29 is 0 Å². The molecule has 3 heterocycles. The molecule has 1 aliphatic heterocycles. The smallest absolute Gasteiger partial charge is 0.126 e. The van der Waals surface area contributed by atoms with Gasteiger partial charge in [0.25, 0.3) is 0 Å². The highest BCUT2D eigenvalue weighted by Crippen LogP contribution is 2.35. The molecule has 0 amide bonds. The van der Waals surface area contributed by atoms with Gasteiger partial charge in [0, 0.05) is 38.1 Å². The Labute approximate surface area is 144 Å². The van der Waals surface area contributed by atoms with Gasteiger partial charge in [0.1, 0.15) is 5.82 Å². The molecule has 0 spiro atoms. The van der Waals surface area contributed by atoms with Gasteiger partial charge in [0.2, 0.25) is 0 Å². The van der Waals surface area contributed by atoms with Gasteiger partial charge < -0.3 is 4.57 Å². The topological polar surface area (TPSA) is 38.9 Å². The summed E-state index contributed by atoms with van der Waals surface area (Å²) in [5.74, 6) is 1.29. The first-order valence-electron chi connectivity index (χ1n) is 9.47. The molecule has 1 atom stereocenters. The zero-order valence-electron chi connectivity index (χ0n) is 15.3. The largest absolute Gasteiger partial charge is 0.334 e. The zero-order valence-corrected chi connectivity index (χ0v) is 15.3. The second-order valence-electron chi connectivity index (χ2n) is 7.39. The maximum atomic E-state index is 5.07. The fraction of sp³-hybridized carbons (Fsp3) is 0.684. The Morgan fingerprint density at radius 3 is 2.79 bits per heavy atom. The first-order chi connectivity index (χ1) is 11.7.